The van der Waals surface area contributed by atoms with Gasteiger partial charge in [0.15, 0.2) is 22.4 Å². The maximum Gasteiger partial charge on any atom is 0.192 e. The van der Waals surface area contributed by atoms with Crippen molar-refractivity contribution < 1.29 is 13.6 Å². The van der Waals surface area contributed by atoms with E-state index in [0.29, 0.717) is 17.9 Å². The van der Waals surface area contributed by atoms with Crippen LogP contribution in [-0.2, 0) is 13.6 Å². The lowest BCUT2D eigenvalue weighted by molar-refractivity contribution is -0.115. The van der Waals surface area contributed by atoms with Crippen LogP contribution >= 0.6 is 0 Å². The van der Waals surface area contributed by atoms with Gasteiger partial charge in [0.25, 0.3) is 0 Å². The summed E-state index contributed by atoms with van der Waals surface area (Å²) in [6.07, 6.45) is 11.4. The summed E-state index contributed by atoms with van der Waals surface area (Å²) in [6, 6.07) is 0. The summed E-state index contributed by atoms with van der Waals surface area (Å²) in [5, 5.41) is 0.291. The van der Waals surface area contributed by atoms with Crippen LogP contribution in [0.2, 0.25) is 36.3 Å². The average molecular weight is 479 g/mol. The van der Waals surface area contributed by atoms with Crippen LogP contribution in [0.1, 0.15) is 80.1 Å². The molecular weight excluding hydrogens is 428 g/mol. The first-order valence-corrected chi connectivity index (χ1v) is 18.5. The number of hydrogen-bond donors (Lipinski definition) is 0. The molecule has 32 heavy (non-hydrogen) atoms. The number of carbonyl (C=O) groups is 1. The molecule has 0 aromatic heterocycles. The Morgan fingerprint density at radius 3 is 1.97 bits per heavy atom. The van der Waals surface area contributed by atoms with Crippen LogP contribution in [0.5, 0.6) is 0 Å². The Balaban J connectivity index is 2.29. The van der Waals surface area contributed by atoms with E-state index in [0.717, 1.165) is 0 Å². The Labute approximate surface area is 200 Å². The molecule has 0 spiro atoms. The SMILES string of the molecule is C=C1C(=O)C[C@@H](O[Si](C)(C)C(C)(C)C)[C@@H]1C=C[C@H](O[Si](C)(C)C(C)(C)C)C1CCCCC1. The molecule has 0 amide bonds. The fourth-order valence-electron chi connectivity index (χ4n) is 4.26. The lowest BCUT2D eigenvalue weighted by atomic mass is 9.84. The molecule has 3 nitrogen and oxygen atoms in total. The van der Waals surface area contributed by atoms with E-state index in [2.05, 4.69) is 86.5 Å². The van der Waals surface area contributed by atoms with Crippen molar-refractivity contribution in [2.75, 3.05) is 0 Å². The van der Waals surface area contributed by atoms with Gasteiger partial charge in [-0.25, -0.2) is 0 Å². The highest BCUT2D eigenvalue weighted by molar-refractivity contribution is 6.74. The molecule has 2 saturated carbocycles. The molecule has 0 unspecified atom stereocenters. The topological polar surface area (TPSA) is 35.5 Å². The van der Waals surface area contributed by atoms with Gasteiger partial charge in [-0.1, -0.05) is 79.5 Å². The Kier molecular flexibility index (Phi) is 8.68. The summed E-state index contributed by atoms with van der Waals surface area (Å²) in [7, 11) is -3.88. The second-order valence-electron chi connectivity index (χ2n) is 13.2. The van der Waals surface area contributed by atoms with Gasteiger partial charge in [0.05, 0.1) is 12.2 Å². The molecule has 0 radical (unpaired) electrons. The number of rotatable bonds is 7. The highest BCUT2D eigenvalue weighted by atomic mass is 28.4. The third kappa shape index (κ3) is 6.55. The minimum Gasteiger partial charge on any atom is -0.413 e. The molecular formula is C27H50O3Si2. The summed E-state index contributed by atoms with van der Waals surface area (Å²) < 4.78 is 13.7. The largest absolute Gasteiger partial charge is 0.413 e. The van der Waals surface area contributed by atoms with Gasteiger partial charge in [0, 0.05) is 12.3 Å². The molecule has 2 fully saturated rings. The first kappa shape index (κ1) is 27.7. The molecule has 0 aromatic rings. The van der Waals surface area contributed by atoms with Gasteiger partial charge in [-0.05, 0) is 60.6 Å². The molecule has 0 bridgehead atoms. The Morgan fingerprint density at radius 1 is 0.938 bits per heavy atom. The van der Waals surface area contributed by atoms with E-state index in [9.17, 15) is 4.79 Å². The van der Waals surface area contributed by atoms with Gasteiger partial charge in [0.1, 0.15) is 0 Å². The molecule has 184 valence electrons. The van der Waals surface area contributed by atoms with E-state index in [1.165, 1.54) is 32.1 Å². The van der Waals surface area contributed by atoms with Gasteiger partial charge < -0.3 is 8.85 Å². The predicted molar refractivity (Wildman–Crippen MR) is 142 cm³/mol. The zero-order valence-corrected chi connectivity index (χ0v) is 24.6. The fraction of sp³-hybridized carbons (Fsp3) is 0.815. The summed E-state index contributed by atoms with van der Waals surface area (Å²) >= 11 is 0. The Bertz CT molecular complexity index is 703. The van der Waals surface area contributed by atoms with E-state index < -0.39 is 16.6 Å². The second kappa shape index (κ2) is 10.0. The maximum absolute atomic E-state index is 12.6. The molecule has 0 saturated heterocycles. The first-order valence-electron chi connectivity index (χ1n) is 12.7. The van der Waals surface area contributed by atoms with Crippen molar-refractivity contribution in [2.24, 2.45) is 11.8 Å². The second-order valence-corrected chi connectivity index (χ2v) is 22.7. The van der Waals surface area contributed by atoms with E-state index >= 15 is 0 Å². The van der Waals surface area contributed by atoms with Crippen LogP contribution in [-0.4, -0.2) is 34.6 Å². The van der Waals surface area contributed by atoms with Gasteiger partial charge in [-0.2, -0.15) is 0 Å². The average Bonchev–Trinajstić information content (AvgIpc) is 2.90. The summed E-state index contributed by atoms with van der Waals surface area (Å²) in [5.41, 5.74) is 0.708. The first-order chi connectivity index (χ1) is 14.5. The molecule has 5 heteroatoms. The van der Waals surface area contributed by atoms with Crippen LogP contribution in [0, 0.1) is 11.8 Å². The highest BCUT2D eigenvalue weighted by Gasteiger charge is 2.45. The van der Waals surface area contributed by atoms with E-state index in [4.69, 9.17) is 8.85 Å². The quantitative estimate of drug-likeness (QED) is 0.211. The van der Waals surface area contributed by atoms with Crippen LogP contribution in [0.3, 0.4) is 0 Å². The van der Waals surface area contributed by atoms with Gasteiger partial charge >= 0.3 is 0 Å². The summed E-state index contributed by atoms with van der Waals surface area (Å²) in [4.78, 5) is 12.6. The minimum absolute atomic E-state index is 0.0364. The summed E-state index contributed by atoms with van der Waals surface area (Å²) in [6.45, 7) is 27.1. The third-order valence-electron chi connectivity index (χ3n) is 8.66. The van der Waals surface area contributed by atoms with Crippen LogP contribution < -0.4 is 0 Å². The number of hydrogen-bond acceptors (Lipinski definition) is 3. The fourth-order valence-corrected chi connectivity index (χ4v) is 6.91. The third-order valence-corrected chi connectivity index (χ3v) is 17.6. The molecule has 0 aromatic carbocycles. The monoisotopic (exact) mass is 478 g/mol. The van der Waals surface area contributed by atoms with Crippen molar-refractivity contribution in [3.8, 4) is 0 Å². The molecule has 2 aliphatic rings. The lowest BCUT2D eigenvalue weighted by Crippen LogP contribution is -2.46. The van der Waals surface area contributed by atoms with Crippen molar-refractivity contribution in [3.05, 3.63) is 24.3 Å². The molecule has 0 N–H and O–H groups in total. The highest BCUT2D eigenvalue weighted by Crippen LogP contribution is 2.43. The normalized spacial score (nSPS) is 25.7. The maximum atomic E-state index is 12.6. The van der Waals surface area contributed by atoms with Crippen molar-refractivity contribution in [2.45, 2.75) is 129 Å². The number of carbonyl (C=O) groups excluding carboxylic acids is 1. The van der Waals surface area contributed by atoms with Crippen molar-refractivity contribution in [1.29, 1.82) is 0 Å². The van der Waals surface area contributed by atoms with Crippen molar-refractivity contribution >= 4 is 22.4 Å². The van der Waals surface area contributed by atoms with Crippen LogP contribution in [0.25, 0.3) is 0 Å². The van der Waals surface area contributed by atoms with Crippen LogP contribution in [0.15, 0.2) is 24.3 Å². The van der Waals surface area contributed by atoms with Gasteiger partial charge in [-0.15, -0.1) is 0 Å². The number of Topliss-reactive ketones (excluding diaryl/α,β-unsaturated/α-hetero) is 1. The van der Waals surface area contributed by atoms with Gasteiger partial charge in [-0.3, -0.25) is 4.79 Å². The zero-order chi connectivity index (χ0) is 24.5. The van der Waals surface area contributed by atoms with E-state index in [1.807, 2.05) is 0 Å². The zero-order valence-electron chi connectivity index (χ0n) is 22.6. The van der Waals surface area contributed by atoms with E-state index in [-0.39, 0.29) is 34.0 Å². The Hall–Kier alpha value is -0.496. The lowest BCUT2D eigenvalue weighted by Gasteiger charge is -2.41. The summed E-state index contributed by atoms with van der Waals surface area (Å²) in [5.74, 6) is 0.688. The minimum atomic E-state index is -1.97. The van der Waals surface area contributed by atoms with Crippen molar-refractivity contribution in [1.82, 2.24) is 0 Å². The molecule has 0 heterocycles. The number of ketones is 1. The predicted octanol–water partition coefficient (Wildman–Crippen LogP) is 8.05. The standard InChI is InChI=1S/C27H50O3Si2/c1-20-22(25(19-23(20)28)30-32(10,11)27(5,6)7)17-18-24(21-15-13-12-14-16-21)29-31(8,9)26(2,3)4/h17-18,21-22,24-25H,1,12-16,19H2,2-11H3/t22-,24+,25-/m1/s1. The van der Waals surface area contributed by atoms with Crippen LogP contribution in [0.4, 0.5) is 0 Å². The molecule has 0 aliphatic heterocycles. The molecule has 3 atom stereocenters. The van der Waals surface area contributed by atoms with E-state index in [1.54, 1.807) is 0 Å². The Morgan fingerprint density at radius 2 is 1.47 bits per heavy atom. The smallest absolute Gasteiger partial charge is 0.192 e. The molecule has 2 rings (SSSR count). The van der Waals surface area contributed by atoms with Gasteiger partial charge in [0.2, 0.25) is 0 Å². The molecule has 2 aliphatic carbocycles. The van der Waals surface area contributed by atoms with Crippen molar-refractivity contribution in [3.63, 3.8) is 0 Å².